The molecular formula is C28H32N2O2S. The van der Waals surface area contributed by atoms with Crippen LogP contribution in [0.5, 0.6) is 0 Å². The third kappa shape index (κ3) is 7.79. The monoisotopic (exact) mass is 460 g/mol. The maximum Gasteiger partial charge on any atom is 0.242 e. The Kier molecular flexibility index (Phi) is 9.58. The minimum absolute atomic E-state index is 0.000618. The number of thioether (sulfide) groups is 1. The number of carbonyl (C=O) groups is 2. The lowest BCUT2D eigenvalue weighted by molar-refractivity contribution is -0.140. The molecule has 1 N–H and O–H groups in total. The van der Waals surface area contributed by atoms with E-state index < -0.39 is 6.04 Å². The molecule has 4 nitrogen and oxygen atoms in total. The third-order valence-corrected chi connectivity index (χ3v) is 6.59. The van der Waals surface area contributed by atoms with E-state index in [1.165, 1.54) is 11.1 Å². The van der Waals surface area contributed by atoms with Gasteiger partial charge < -0.3 is 10.2 Å². The fourth-order valence-corrected chi connectivity index (χ4v) is 4.57. The lowest BCUT2D eigenvalue weighted by atomic mass is 10.0. The molecule has 0 radical (unpaired) electrons. The zero-order valence-electron chi connectivity index (χ0n) is 19.4. The van der Waals surface area contributed by atoms with Crippen LogP contribution in [0, 0.1) is 6.92 Å². The second-order valence-electron chi connectivity index (χ2n) is 8.12. The van der Waals surface area contributed by atoms with Crippen LogP contribution in [0.4, 0.5) is 0 Å². The van der Waals surface area contributed by atoms with Gasteiger partial charge in [0.15, 0.2) is 0 Å². The second kappa shape index (κ2) is 12.9. The van der Waals surface area contributed by atoms with E-state index in [0.29, 0.717) is 25.1 Å². The topological polar surface area (TPSA) is 49.4 Å². The molecule has 0 saturated carbocycles. The molecule has 0 spiro atoms. The van der Waals surface area contributed by atoms with Crippen LogP contribution in [0.1, 0.15) is 28.7 Å². The summed E-state index contributed by atoms with van der Waals surface area (Å²) in [5.41, 5.74) is 4.47. The van der Waals surface area contributed by atoms with Gasteiger partial charge in [0.05, 0.1) is 0 Å². The van der Waals surface area contributed by atoms with Gasteiger partial charge in [-0.1, -0.05) is 90.5 Å². The lowest BCUT2D eigenvalue weighted by Gasteiger charge is -2.31. The van der Waals surface area contributed by atoms with Crippen LogP contribution in [-0.4, -0.2) is 35.6 Å². The fraction of sp³-hybridized carbons (Fsp3) is 0.286. The predicted molar refractivity (Wildman–Crippen MR) is 137 cm³/mol. The molecule has 0 bridgehead atoms. The van der Waals surface area contributed by atoms with E-state index in [-0.39, 0.29) is 11.8 Å². The molecular weight excluding hydrogens is 428 g/mol. The van der Waals surface area contributed by atoms with Gasteiger partial charge in [0, 0.05) is 37.9 Å². The molecule has 33 heavy (non-hydrogen) atoms. The summed E-state index contributed by atoms with van der Waals surface area (Å²) in [6.45, 7) is 2.45. The van der Waals surface area contributed by atoms with Crippen molar-refractivity contribution >= 4 is 23.6 Å². The first kappa shape index (κ1) is 24.6. The van der Waals surface area contributed by atoms with Crippen molar-refractivity contribution in [2.75, 3.05) is 12.8 Å². The first-order valence-corrected chi connectivity index (χ1v) is 12.4. The number of hydrogen-bond acceptors (Lipinski definition) is 3. The molecule has 0 aliphatic heterocycles. The van der Waals surface area contributed by atoms with Crippen LogP contribution in [-0.2, 0) is 28.3 Å². The summed E-state index contributed by atoms with van der Waals surface area (Å²) < 4.78 is 0. The summed E-state index contributed by atoms with van der Waals surface area (Å²) in [5.74, 6) is 1.44. The van der Waals surface area contributed by atoms with Crippen LogP contribution in [0.2, 0.25) is 0 Å². The van der Waals surface area contributed by atoms with E-state index in [1.54, 1.807) is 23.7 Å². The van der Waals surface area contributed by atoms with Crippen LogP contribution >= 0.6 is 11.8 Å². The number of benzene rings is 3. The van der Waals surface area contributed by atoms with E-state index in [2.05, 4.69) is 17.4 Å². The van der Waals surface area contributed by atoms with Crippen LogP contribution in [0.25, 0.3) is 0 Å². The highest BCUT2D eigenvalue weighted by atomic mass is 32.2. The highest BCUT2D eigenvalue weighted by Crippen LogP contribution is 2.18. The average molecular weight is 461 g/mol. The smallest absolute Gasteiger partial charge is 0.242 e. The second-order valence-corrected chi connectivity index (χ2v) is 9.22. The average Bonchev–Trinajstić information content (AvgIpc) is 2.86. The van der Waals surface area contributed by atoms with Gasteiger partial charge >= 0.3 is 0 Å². The molecule has 1 atom stereocenters. The minimum atomic E-state index is -0.565. The minimum Gasteiger partial charge on any atom is -0.357 e. The molecule has 0 aliphatic carbocycles. The van der Waals surface area contributed by atoms with E-state index >= 15 is 0 Å². The van der Waals surface area contributed by atoms with Crippen LogP contribution in [0.3, 0.4) is 0 Å². The molecule has 3 aromatic carbocycles. The number of rotatable bonds is 11. The number of carbonyl (C=O) groups excluding carboxylic acids is 2. The van der Waals surface area contributed by atoms with E-state index in [0.717, 1.165) is 16.9 Å². The van der Waals surface area contributed by atoms with Gasteiger partial charge in [0.1, 0.15) is 6.04 Å². The maximum atomic E-state index is 13.4. The largest absolute Gasteiger partial charge is 0.357 e. The first-order valence-electron chi connectivity index (χ1n) is 11.3. The molecule has 2 amide bonds. The van der Waals surface area contributed by atoms with Gasteiger partial charge in [0.2, 0.25) is 11.8 Å². The van der Waals surface area contributed by atoms with Gasteiger partial charge in [-0.3, -0.25) is 9.59 Å². The Bertz CT molecular complexity index is 1010. The molecule has 3 aromatic rings. The molecule has 0 saturated heterocycles. The van der Waals surface area contributed by atoms with Gasteiger partial charge in [0.25, 0.3) is 0 Å². The maximum absolute atomic E-state index is 13.4. The van der Waals surface area contributed by atoms with Crippen molar-refractivity contribution in [2.24, 2.45) is 0 Å². The summed E-state index contributed by atoms with van der Waals surface area (Å²) in [6.07, 6.45) is 0.876. The van der Waals surface area contributed by atoms with Crippen molar-refractivity contribution in [1.82, 2.24) is 10.2 Å². The van der Waals surface area contributed by atoms with Crippen LogP contribution in [0.15, 0.2) is 84.9 Å². The molecule has 5 heteroatoms. The molecule has 0 unspecified atom stereocenters. The van der Waals surface area contributed by atoms with Gasteiger partial charge in [-0.2, -0.15) is 11.8 Å². The lowest BCUT2D eigenvalue weighted by Crippen LogP contribution is -2.49. The number of nitrogens with one attached hydrogen (secondary N) is 1. The number of amides is 2. The molecule has 3 rings (SSSR count). The molecule has 0 fully saturated rings. The van der Waals surface area contributed by atoms with E-state index in [9.17, 15) is 9.59 Å². The number of hydrogen-bond donors (Lipinski definition) is 1. The van der Waals surface area contributed by atoms with Gasteiger partial charge in [-0.25, -0.2) is 0 Å². The number of nitrogens with zero attached hydrogens (tertiary/aromatic N) is 1. The van der Waals surface area contributed by atoms with Crippen LogP contribution < -0.4 is 5.32 Å². The zero-order valence-corrected chi connectivity index (χ0v) is 20.2. The zero-order chi connectivity index (χ0) is 23.5. The summed E-state index contributed by atoms with van der Waals surface area (Å²) in [7, 11) is 1.63. The van der Waals surface area contributed by atoms with Crippen molar-refractivity contribution in [2.45, 2.75) is 38.1 Å². The Hall–Kier alpha value is -3.05. The van der Waals surface area contributed by atoms with E-state index in [4.69, 9.17) is 0 Å². The van der Waals surface area contributed by atoms with Gasteiger partial charge in [-0.15, -0.1) is 0 Å². The Balaban J connectivity index is 1.74. The molecule has 0 heterocycles. The quantitative estimate of drug-likeness (QED) is 0.410. The van der Waals surface area contributed by atoms with Crippen molar-refractivity contribution in [3.63, 3.8) is 0 Å². The molecule has 172 valence electrons. The Morgan fingerprint density at radius 3 is 2.06 bits per heavy atom. The van der Waals surface area contributed by atoms with Crippen molar-refractivity contribution in [3.8, 4) is 0 Å². The SMILES string of the molecule is CNC(=O)[C@@H](Cc1ccccc1)N(Cc1ccc(C)cc1)C(=O)CCSCc1ccccc1. The normalized spacial score (nSPS) is 11.6. The highest BCUT2D eigenvalue weighted by molar-refractivity contribution is 7.98. The fourth-order valence-electron chi connectivity index (χ4n) is 3.68. The predicted octanol–water partition coefficient (Wildman–Crippen LogP) is 5.00. The third-order valence-electron chi connectivity index (χ3n) is 5.56. The summed E-state index contributed by atoms with van der Waals surface area (Å²) in [5, 5.41) is 2.77. The standard InChI is InChI=1S/C28H32N2O2S/c1-22-13-15-24(16-14-22)20-30(26(28(32)29-2)19-23-9-5-3-6-10-23)27(31)17-18-33-21-25-11-7-4-8-12-25/h3-16,26H,17-21H2,1-2H3,(H,29,32)/t26-/m1/s1. The molecule has 0 aliphatic rings. The van der Waals surface area contributed by atoms with Gasteiger partial charge in [-0.05, 0) is 23.6 Å². The number of aryl methyl sites for hydroxylation is 1. The Labute approximate surface area is 201 Å². The highest BCUT2D eigenvalue weighted by Gasteiger charge is 2.29. The first-order chi connectivity index (χ1) is 16.1. The van der Waals surface area contributed by atoms with Crippen molar-refractivity contribution in [1.29, 1.82) is 0 Å². The summed E-state index contributed by atoms with van der Waals surface area (Å²) >= 11 is 1.74. The summed E-state index contributed by atoms with van der Waals surface area (Å²) in [4.78, 5) is 28.1. The Morgan fingerprint density at radius 1 is 0.848 bits per heavy atom. The number of likely N-dealkylation sites (N-methyl/N-ethyl adjacent to an activating group) is 1. The van der Waals surface area contributed by atoms with Crippen molar-refractivity contribution < 1.29 is 9.59 Å². The van der Waals surface area contributed by atoms with E-state index in [1.807, 2.05) is 79.7 Å². The Morgan fingerprint density at radius 2 is 1.45 bits per heavy atom. The molecule has 0 aromatic heterocycles. The summed E-state index contributed by atoms with van der Waals surface area (Å²) in [6, 6.07) is 27.7. The van der Waals surface area contributed by atoms with Crippen molar-refractivity contribution in [3.05, 3.63) is 107 Å².